The van der Waals surface area contributed by atoms with Crippen molar-refractivity contribution in [1.29, 1.82) is 0 Å². The van der Waals surface area contributed by atoms with E-state index in [0.717, 1.165) is 18.4 Å². The quantitative estimate of drug-likeness (QED) is 0.638. The van der Waals surface area contributed by atoms with Gasteiger partial charge in [0.15, 0.2) is 0 Å². The summed E-state index contributed by atoms with van der Waals surface area (Å²) in [6.45, 7) is 2.70. The number of carbonyl (C=O) groups excluding carboxylic acids is 1. The van der Waals surface area contributed by atoms with E-state index in [1.165, 1.54) is 4.31 Å². The fourth-order valence-corrected chi connectivity index (χ4v) is 5.32. The van der Waals surface area contributed by atoms with Crippen LogP contribution in [0.15, 0.2) is 47.4 Å². The van der Waals surface area contributed by atoms with Crippen LogP contribution < -0.4 is 10.9 Å². The third kappa shape index (κ3) is 5.63. The Morgan fingerprint density at radius 3 is 2.59 bits per heavy atom. The van der Waals surface area contributed by atoms with Gasteiger partial charge in [-0.1, -0.05) is 40.9 Å². The van der Waals surface area contributed by atoms with Crippen molar-refractivity contribution in [2.75, 3.05) is 18.5 Å². The van der Waals surface area contributed by atoms with Crippen LogP contribution >= 0.6 is 23.2 Å². The van der Waals surface area contributed by atoms with Gasteiger partial charge >= 0.3 is 0 Å². The van der Waals surface area contributed by atoms with Gasteiger partial charge in [-0.25, -0.2) is 8.42 Å². The van der Waals surface area contributed by atoms with Gasteiger partial charge in [0.1, 0.15) is 0 Å². The average Bonchev–Trinajstić information content (AvgIpc) is 2.68. The Bertz CT molecular complexity index is 981. The zero-order valence-corrected chi connectivity index (χ0v) is 18.3. The van der Waals surface area contributed by atoms with Crippen LogP contribution in [0.4, 0.5) is 5.69 Å². The number of nitrogens with one attached hydrogen (secondary N) is 2. The molecule has 0 spiro atoms. The maximum absolute atomic E-state index is 12.9. The molecule has 0 aliphatic carbocycles. The first-order valence-electron chi connectivity index (χ1n) is 9.32. The second kappa shape index (κ2) is 9.34. The summed E-state index contributed by atoms with van der Waals surface area (Å²) < 4.78 is 27.3. The van der Waals surface area contributed by atoms with Gasteiger partial charge in [0.25, 0.3) is 0 Å². The Morgan fingerprint density at radius 1 is 1.17 bits per heavy atom. The van der Waals surface area contributed by atoms with Crippen LogP contribution in [0.2, 0.25) is 10.0 Å². The molecule has 2 aromatic rings. The molecule has 0 radical (unpaired) electrons. The molecule has 1 unspecified atom stereocenters. The minimum Gasteiger partial charge on any atom is -0.297 e. The molecular formula is C20H23Cl2N3O3S. The number of piperidine rings is 1. The van der Waals surface area contributed by atoms with Crippen LogP contribution in [0, 0.1) is 12.8 Å². The van der Waals surface area contributed by atoms with E-state index < -0.39 is 10.0 Å². The number of sulfonamides is 1. The maximum Gasteiger partial charge on any atom is 0.243 e. The molecule has 2 N–H and O–H groups in total. The summed E-state index contributed by atoms with van der Waals surface area (Å²) in [6, 6.07) is 11.7. The molecule has 9 heteroatoms. The number of hydrogen-bond donors (Lipinski definition) is 2. The number of nitrogens with zero attached hydrogens (tertiary/aromatic N) is 1. The van der Waals surface area contributed by atoms with E-state index in [1.54, 1.807) is 42.5 Å². The molecule has 1 aliphatic heterocycles. The summed E-state index contributed by atoms with van der Waals surface area (Å²) in [5, 5.41) is 0.898. The van der Waals surface area contributed by atoms with Gasteiger partial charge < -0.3 is 0 Å². The first kappa shape index (κ1) is 21.9. The summed E-state index contributed by atoms with van der Waals surface area (Å²) in [5.41, 5.74) is 6.94. The zero-order chi connectivity index (χ0) is 21.0. The Balaban J connectivity index is 1.57. The molecule has 1 amide bonds. The normalized spacial score (nSPS) is 17.7. The van der Waals surface area contributed by atoms with E-state index in [-0.39, 0.29) is 23.1 Å². The predicted octanol–water partition coefficient (Wildman–Crippen LogP) is 4.24. The van der Waals surface area contributed by atoms with Crippen molar-refractivity contribution < 1.29 is 13.2 Å². The van der Waals surface area contributed by atoms with Gasteiger partial charge in [-0.15, -0.1) is 0 Å². The molecule has 2 aromatic carbocycles. The fraction of sp³-hybridized carbons (Fsp3) is 0.350. The lowest BCUT2D eigenvalue weighted by atomic mass is 9.96. The third-order valence-electron chi connectivity index (χ3n) is 4.88. The highest BCUT2D eigenvalue weighted by Gasteiger charge is 2.31. The molecule has 3 rings (SSSR count). The molecule has 1 saturated heterocycles. The highest BCUT2D eigenvalue weighted by Crippen LogP contribution is 2.27. The van der Waals surface area contributed by atoms with E-state index in [4.69, 9.17) is 23.2 Å². The maximum atomic E-state index is 12.9. The van der Waals surface area contributed by atoms with Crippen molar-refractivity contribution in [2.24, 2.45) is 5.92 Å². The molecule has 1 fully saturated rings. The number of anilines is 1. The molecule has 0 saturated carbocycles. The lowest BCUT2D eigenvalue weighted by Gasteiger charge is -2.31. The smallest absolute Gasteiger partial charge is 0.243 e. The van der Waals surface area contributed by atoms with Crippen LogP contribution in [0.1, 0.15) is 24.8 Å². The summed E-state index contributed by atoms with van der Waals surface area (Å²) in [7, 11) is -3.56. The Morgan fingerprint density at radius 2 is 1.90 bits per heavy atom. The van der Waals surface area contributed by atoms with E-state index >= 15 is 0 Å². The van der Waals surface area contributed by atoms with Crippen molar-refractivity contribution >= 4 is 44.8 Å². The molecule has 0 bridgehead atoms. The van der Waals surface area contributed by atoms with Crippen LogP contribution in [-0.4, -0.2) is 31.7 Å². The van der Waals surface area contributed by atoms with Crippen LogP contribution in [0.25, 0.3) is 0 Å². The SMILES string of the molecule is Cc1ccc(S(=O)(=O)N2CCCC(CC(=O)NNc3ccc(Cl)cc3Cl)C2)cc1. The summed E-state index contributed by atoms with van der Waals surface area (Å²) in [6.07, 6.45) is 1.74. The molecule has 156 valence electrons. The summed E-state index contributed by atoms with van der Waals surface area (Å²) >= 11 is 11.9. The van der Waals surface area contributed by atoms with Crippen molar-refractivity contribution in [3.8, 4) is 0 Å². The Hall–Kier alpha value is -1.80. The highest BCUT2D eigenvalue weighted by atomic mass is 35.5. The van der Waals surface area contributed by atoms with Crippen molar-refractivity contribution in [1.82, 2.24) is 9.73 Å². The standard InChI is InChI=1S/C20H23Cl2N3O3S/c1-14-4-7-17(8-5-14)29(27,28)25-10-2-3-15(13-25)11-20(26)24-23-19-9-6-16(21)12-18(19)22/h4-9,12,15,23H,2-3,10-11,13H2,1H3,(H,24,26). The molecule has 1 heterocycles. The van der Waals surface area contributed by atoms with Gasteiger partial charge in [-0.05, 0) is 56.0 Å². The van der Waals surface area contributed by atoms with Gasteiger partial charge in [0, 0.05) is 24.5 Å². The average molecular weight is 456 g/mol. The third-order valence-corrected chi connectivity index (χ3v) is 7.31. The second-order valence-electron chi connectivity index (χ2n) is 7.19. The minimum absolute atomic E-state index is 0.0496. The molecule has 1 atom stereocenters. The van der Waals surface area contributed by atoms with Crippen molar-refractivity contribution in [2.45, 2.75) is 31.1 Å². The Kier molecular flexibility index (Phi) is 7.05. The van der Waals surface area contributed by atoms with E-state index in [9.17, 15) is 13.2 Å². The van der Waals surface area contributed by atoms with E-state index in [1.807, 2.05) is 6.92 Å². The first-order chi connectivity index (χ1) is 13.8. The number of aryl methyl sites for hydroxylation is 1. The van der Waals surface area contributed by atoms with Crippen molar-refractivity contribution in [3.63, 3.8) is 0 Å². The number of rotatable bonds is 6. The number of hydrazine groups is 1. The number of amides is 1. The van der Waals surface area contributed by atoms with Crippen LogP contribution in [0.5, 0.6) is 0 Å². The number of hydrogen-bond acceptors (Lipinski definition) is 4. The molecule has 0 aromatic heterocycles. The monoisotopic (exact) mass is 455 g/mol. The molecule has 29 heavy (non-hydrogen) atoms. The zero-order valence-electron chi connectivity index (χ0n) is 16.0. The Labute approximate surface area is 181 Å². The lowest BCUT2D eigenvalue weighted by molar-refractivity contribution is -0.121. The van der Waals surface area contributed by atoms with E-state index in [0.29, 0.717) is 28.8 Å². The van der Waals surface area contributed by atoms with Gasteiger partial charge in [-0.2, -0.15) is 4.31 Å². The topological polar surface area (TPSA) is 78.5 Å². The largest absolute Gasteiger partial charge is 0.297 e. The number of carbonyl (C=O) groups is 1. The van der Waals surface area contributed by atoms with Gasteiger partial charge in [-0.3, -0.25) is 15.6 Å². The second-order valence-corrected chi connectivity index (χ2v) is 9.97. The summed E-state index contributed by atoms with van der Waals surface area (Å²) in [4.78, 5) is 12.6. The van der Waals surface area contributed by atoms with Crippen molar-refractivity contribution in [3.05, 3.63) is 58.1 Å². The molecule has 1 aliphatic rings. The van der Waals surface area contributed by atoms with Crippen LogP contribution in [0.3, 0.4) is 0 Å². The number of halogens is 2. The lowest BCUT2D eigenvalue weighted by Crippen LogP contribution is -2.41. The number of benzene rings is 2. The molecule has 6 nitrogen and oxygen atoms in total. The van der Waals surface area contributed by atoms with Gasteiger partial charge in [0.2, 0.25) is 15.9 Å². The first-order valence-corrected chi connectivity index (χ1v) is 11.5. The van der Waals surface area contributed by atoms with Gasteiger partial charge in [0.05, 0.1) is 15.6 Å². The summed E-state index contributed by atoms with van der Waals surface area (Å²) in [5.74, 6) is -0.276. The van der Waals surface area contributed by atoms with E-state index in [2.05, 4.69) is 10.9 Å². The predicted molar refractivity (Wildman–Crippen MR) is 116 cm³/mol. The highest BCUT2D eigenvalue weighted by molar-refractivity contribution is 7.89. The molecular weight excluding hydrogens is 433 g/mol. The fourth-order valence-electron chi connectivity index (χ4n) is 3.31. The van der Waals surface area contributed by atoms with Crippen LogP contribution in [-0.2, 0) is 14.8 Å². The minimum atomic E-state index is -3.56.